The van der Waals surface area contributed by atoms with Gasteiger partial charge in [0.05, 0.1) is 19.3 Å². The number of pyridine rings is 1. The lowest BCUT2D eigenvalue weighted by Gasteiger charge is -2.23. The van der Waals surface area contributed by atoms with E-state index >= 15 is 0 Å². The molecule has 1 aromatic heterocycles. The number of amides is 1. The van der Waals surface area contributed by atoms with Gasteiger partial charge < -0.3 is 26.1 Å². The molecule has 5 rings (SSSR count). The summed E-state index contributed by atoms with van der Waals surface area (Å²) in [6, 6.07) is 30.8. The van der Waals surface area contributed by atoms with Gasteiger partial charge in [-0.1, -0.05) is 79.2 Å². The quantitative estimate of drug-likeness (QED) is 0.196. The number of carbonyl (C=O) groups excluding carboxylic acids is 1. The fraction of sp³-hybridized carbons (Fsp3) is 0.273. The smallest absolute Gasteiger partial charge is 0.271 e. The molecule has 9 heteroatoms. The molecule has 0 aliphatic carbocycles. The topological polar surface area (TPSA) is 109 Å². The molecule has 3 aromatic carbocycles. The van der Waals surface area contributed by atoms with Crippen LogP contribution >= 0.6 is 23.4 Å². The number of hydrogen-bond donors (Lipinski definition) is 4. The van der Waals surface area contributed by atoms with Crippen LogP contribution in [0.15, 0.2) is 107 Å². The van der Waals surface area contributed by atoms with Crippen LogP contribution in [0.3, 0.4) is 0 Å². The number of nitrogens with one attached hydrogen (secondary N) is 3. The van der Waals surface area contributed by atoms with Gasteiger partial charge in [0.15, 0.2) is 0 Å². The van der Waals surface area contributed by atoms with E-state index in [1.807, 2.05) is 43.0 Å². The maximum Gasteiger partial charge on any atom is 0.271 e. The Balaban J connectivity index is 0.000000173. The standard InChI is InChI=1S/C13H12.C11H14ClNOS.C9H13N3O2/c1-3-7-12(8-4-1)11-13-9-5-2-6-10-13;12-9-1-3-11(4-2-9)15-8-10-7-13-5-6-14-10;1-2-6-3-4-11-9(14)8(6)12-7(13)5-10/h1-10H,11H2;1-4,10,13H,5-8H2;3-4H,2,5,10H2,1H3,(H,11,14)(H,12,13). The first kappa shape index (κ1) is 33.1. The van der Waals surface area contributed by atoms with Crippen LogP contribution in [0.4, 0.5) is 5.69 Å². The number of morpholine rings is 1. The second kappa shape index (κ2) is 18.9. The highest BCUT2D eigenvalue weighted by Gasteiger charge is 2.13. The lowest BCUT2D eigenvalue weighted by Crippen LogP contribution is -2.39. The van der Waals surface area contributed by atoms with Gasteiger partial charge in [0.25, 0.3) is 5.56 Å². The molecule has 2 heterocycles. The fourth-order valence-electron chi connectivity index (χ4n) is 4.02. The third kappa shape index (κ3) is 12.2. The van der Waals surface area contributed by atoms with Gasteiger partial charge in [0.1, 0.15) is 5.69 Å². The van der Waals surface area contributed by atoms with E-state index < -0.39 is 0 Å². The van der Waals surface area contributed by atoms with Crippen molar-refractivity contribution in [3.63, 3.8) is 0 Å². The average molecular weight is 607 g/mol. The van der Waals surface area contributed by atoms with E-state index in [4.69, 9.17) is 22.1 Å². The summed E-state index contributed by atoms with van der Waals surface area (Å²) in [5.41, 5.74) is 8.67. The van der Waals surface area contributed by atoms with Crippen LogP contribution in [-0.4, -0.2) is 49.0 Å². The number of aryl methyl sites for hydroxylation is 1. The lowest BCUT2D eigenvalue weighted by atomic mass is 10.1. The van der Waals surface area contributed by atoms with Gasteiger partial charge in [-0.2, -0.15) is 0 Å². The number of aromatic amines is 1. The number of nitrogens with two attached hydrogens (primary N) is 1. The molecule has 5 N–H and O–H groups in total. The van der Waals surface area contributed by atoms with Crippen molar-refractivity contribution in [3.05, 3.63) is 129 Å². The van der Waals surface area contributed by atoms with Gasteiger partial charge in [-0.3, -0.25) is 9.59 Å². The first-order valence-corrected chi connectivity index (χ1v) is 15.3. The van der Waals surface area contributed by atoms with Gasteiger partial charge in [0, 0.05) is 35.0 Å². The Labute approximate surface area is 257 Å². The van der Waals surface area contributed by atoms with Gasteiger partial charge in [-0.25, -0.2) is 0 Å². The summed E-state index contributed by atoms with van der Waals surface area (Å²) in [6.07, 6.45) is 3.60. The van der Waals surface area contributed by atoms with Crippen LogP contribution in [0.25, 0.3) is 0 Å². The van der Waals surface area contributed by atoms with Crippen LogP contribution in [0.5, 0.6) is 0 Å². The Morgan fingerprint density at radius 1 is 1.00 bits per heavy atom. The van der Waals surface area contributed by atoms with Crippen LogP contribution < -0.4 is 21.9 Å². The molecule has 0 spiro atoms. The fourth-order valence-corrected chi connectivity index (χ4v) is 5.06. The Morgan fingerprint density at radius 3 is 2.19 bits per heavy atom. The summed E-state index contributed by atoms with van der Waals surface area (Å²) in [6.45, 7) is 4.54. The van der Waals surface area contributed by atoms with E-state index in [0.29, 0.717) is 18.2 Å². The molecule has 1 saturated heterocycles. The Morgan fingerprint density at radius 2 is 1.64 bits per heavy atom. The van der Waals surface area contributed by atoms with E-state index in [-0.39, 0.29) is 18.0 Å². The zero-order valence-electron chi connectivity index (χ0n) is 23.9. The summed E-state index contributed by atoms with van der Waals surface area (Å²) in [4.78, 5) is 26.1. The van der Waals surface area contributed by atoms with Crippen molar-refractivity contribution in [3.8, 4) is 0 Å². The zero-order valence-corrected chi connectivity index (χ0v) is 25.4. The molecule has 7 nitrogen and oxygen atoms in total. The van der Waals surface area contributed by atoms with Crippen molar-refractivity contribution in [1.82, 2.24) is 10.3 Å². The number of halogens is 1. The van der Waals surface area contributed by atoms with Gasteiger partial charge in [0.2, 0.25) is 5.91 Å². The minimum atomic E-state index is -0.364. The normalized spacial score (nSPS) is 14.0. The number of benzene rings is 3. The van der Waals surface area contributed by atoms with E-state index in [1.54, 1.807) is 12.3 Å². The van der Waals surface area contributed by atoms with Crippen LogP contribution in [-0.2, 0) is 22.4 Å². The number of anilines is 1. The number of rotatable bonds is 8. The Bertz CT molecular complexity index is 1340. The molecule has 1 fully saturated rings. The molecule has 1 unspecified atom stereocenters. The molecule has 0 radical (unpaired) electrons. The molecule has 4 aromatic rings. The third-order valence-electron chi connectivity index (χ3n) is 6.23. The summed E-state index contributed by atoms with van der Waals surface area (Å²) in [7, 11) is 0. The second-order valence-electron chi connectivity index (χ2n) is 9.42. The monoisotopic (exact) mass is 606 g/mol. The van der Waals surface area contributed by atoms with Crippen LogP contribution in [0, 0.1) is 0 Å². The molecule has 1 atom stereocenters. The first-order chi connectivity index (χ1) is 20.5. The minimum Gasteiger partial charge on any atom is -0.375 e. The average Bonchev–Trinajstić information content (AvgIpc) is 3.04. The van der Waals surface area contributed by atoms with Crippen molar-refractivity contribution in [1.29, 1.82) is 0 Å². The van der Waals surface area contributed by atoms with Crippen molar-refractivity contribution in [2.24, 2.45) is 5.73 Å². The summed E-state index contributed by atoms with van der Waals surface area (Å²) in [5.74, 6) is 0.630. The molecule has 1 amide bonds. The van der Waals surface area contributed by atoms with E-state index in [2.05, 4.69) is 76.3 Å². The predicted octanol–water partition coefficient (Wildman–Crippen LogP) is 5.53. The molecular weight excluding hydrogens is 568 g/mol. The van der Waals surface area contributed by atoms with Crippen LogP contribution in [0.2, 0.25) is 5.02 Å². The highest BCUT2D eigenvalue weighted by Crippen LogP contribution is 2.22. The van der Waals surface area contributed by atoms with Gasteiger partial charge >= 0.3 is 0 Å². The summed E-state index contributed by atoms with van der Waals surface area (Å²) >= 11 is 7.63. The van der Waals surface area contributed by atoms with E-state index in [9.17, 15) is 9.59 Å². The summed E-state index contributed by atoms with van der Waals surface area (Å²) in [5, 5.41) is 6.58. The van der Waals surface area contributed by atoms with Crippen molar-refractivity contribution < 1.29 is 9.53 Å². The molecule has 222 valence electrons. The lowest BCUT2D eigenvalue weighted by molar-refractivity contribution is -0.114. The number of H-pyrrole nitrogens is 1. The Hall–Kier alpha value is -3.40. The highest BCUT2D eigenvalue weighted by atomic mass is 35.5. The molecule has 1 aliphatic rings. The zero-order chi connectivity index (χ0) is 30.0. The van der Waals surface area contributed by atoms with Gasteiger partial charge in [-0.05, 0) is 59.9 Å². The van der Waals surface area contributed by atoms with Crippen LogP contribution in [0.1, 0.15) is 23.6 Å². The van der Waals surface area contributed by atoms with Gasteiger partial charge in [-0.15, -0.1) is 11.8 Å². The molecular formula is C33H39ClN4O3S. The first-order valence-electron chi connectivity index (χ1n) is 14.0. The second-order valence-corrected chi connectivity index (χ2v) is 11.0. The maximum absolute atomic E-state index is 11.3. The Kier molecular flexibility index (Phi) is 14.9. The largest absolute Gasteiger partial charge is 0.375 e. The highest BCUT2D eigenvalue weighted by molar-refractivity contribution is 7.99. The number of aromatic nitrogens is 1. The number of carbonyl (C=O) groups is 1. The number of hydrogen-bond acceptors (Lipinski definition) is 6. The number of thioether (sulfide) groups is 1. The van der Waals surface area contributed by atoms with E-state index in [0.717, 1.165) is 42.5 Å². The van der Waals surface area contributed by atoms with E-state index in [1.165, 1.54) is 16.0 Å². The minimum absolute atomic E-state index is 0.127. The predicted molar refractivity (Wildman–Crippen MR) is 175 cm³/mol. The summed E-state index contributed by atoms with van der Waals surface area (Å²) < 4.78 is 5.61. The van der Waals surface area contributed by atoms with Crippen molar-refractivity contribution in [2.45, 2.75) is 30.8 Å². The SMILES string of the molecule is CCc1cc[nH]c(=O)c1NC(=O)CN.Clc1ccc(SCC2CNCCO2)cc1.c1ccc(Cc2ccccc2)cc1. The molecule has 1 aliphatic heterocycles. The van der Waals surface area contributed by atoms with Crippen molar-refractivity contribution >= 4 is 35.0 Å². The maximum atomic E-state index is 11.3. The third-order valence-corrected chi connectivity index (χ3v) is 7.62. The molecule has 0 bridgehead atoms. The van der Waals surface area contributed by atoms with Crippen molar-refractivity contribution in [2.75, 3.05) is 37.3 Å². The number of ether oxygens (including phenoxy) is 1. The molecule has 0 saturated carbocycles. The molecule has 42 heavy (non-hydrogen) atoms.